The molecule has 1 aliphatic rings. The predicted octanol–water partition coefficient (Wildman–Crippen LogP) is 2.52. The molecule has 2 rings (SSSR count). The van der Waals surface area contributed by atoms with E-state index < -0.39 is 5.97 Å². The highest BCUT2D eigenvalue weighted by Gasteiger charge is 2.20. The lowest BCUT2D eigenvalue weighted by Crippen LogP contribution is -2.23. The van der Waals surface area contributed by atoms with E-state index in [-0.39, 0.29) is 17.7 Å². The molecule has 0 spiro atoms. The highest BCUT2D eigenvalue weighted by molar-refractivity contribution is 5.83. The summed E-state index contributed by atoms with van der Waals surface area (Å²) in [6, 6.07) is 6.32. The van der Waals surface area contributed by atoms with Gasteiger partial charge in [0.05, 0.1) is 6.08 Å². The number of rotatable bonds is 3. The number of hydrogen-bond acceptors (Lipinski definition) is 3. The number of benzene rings is 1. The molecule has 0 aromatic heterocycles. The first-order valence-electron chi connectivity index (χ1n) is 5.48. The van der Waals surface area contributed by atoms with Gasteiger partial charge in [0.15, 0.2) is 0 Å². The predicted molar refractivity (Wildman–Crippen MR) is 59.9 cm³/mol. The molecule has 17 heavy (non-hydrogen) atoms. The van der Waals surface area contributed by atoms with E-state index in [9.17, 15) is 14.3 Å². The number of esters is 1. The molecule has 0 saturated carbocycles. The molecular formula is C13H13FO3. The van der Waals surface area contributed by atoms with E-state index >= 15 is 0 Å². The lowest BCUT2D eigenvalue weighted by Gasteiger charge is -2.20. The summed E-state index contributed by atoms with van der Waals surface area (Å²) in [5, 5.41) is 9.29. The highest BCUT2D eigenvalue weighted by Crippen LogP contribution is 2.18. The van der Waals surface area contributed by atoms with Gasteiger partial charge in [-0.05, 0) is 30.5 Å². The molecule has 0 bridgehead atoms. The minimum Gasteiger partial charge on any atom is -0.512 e. The van der Waals surface area contributed by atoms with Crippen LogP contribution in [0.15, 0.2) is 36.1 Å². The van der Waals surface area contributed by atoms with Crippen molar-refractivity contribution < 1.29 is 19.0 Å². The first-order chi connectivity index (χ1) is 8.13. The number of aliphatic hydroxyl groups is 1. The third kappa shape index (κ3) is 3.31. The van der Waals surface area contributed by atoms with Crippen molar-refractivity contribution in [3.05, 3.63) is 47.5 Å². The Labute approximate surface area is 98.5 Å². The van der Waals surface area contributed by atoms with Crippen LogP contribution >= 0.6 is 0 Å². The number of ether oxygens (including phenoxy) is 1. The van der Waals surface area contributed by atoms with Gasteiger partial charge in [0.1, 0.15) is 17.7 Å². The SMILES string of the molecule is O=C1C=C(O)CC(CCc2cccc(F)c2)O1. The van der Waals surface area contributed by atoms with Crippen LogP contribution in [-0.2, 0) is 16.0 Å². The minimum absolute atomic E-state index is 0.0468. The van der Waals surface area contributed by atoms with Crippen molar-refractivity contribution in [2.75, 3.05) is 0 Å². The van der Waals surface area contributed by atoms with Crippen LogP contribution in [0.3, 0.4) is 0 Å². The second-order valence-corrected chi connectivity index (χ2v) is 4.07. The summed E-state index contributed by atoms with van der Waals surface area (Å²) in [6.07, 6.45) is 2.28. The topological polar surface area (TPSA) is 46.5 Å². The zero-order valence-electron chi connectivity index (χ0n) is 9.23. The van der Waals surface area contributed by atoms with Crippen LogP contribution in [0.1, 0.15) is 18.4 Å². The molecule has 3 nitrogen and oxygen atoms in total. The third-order valence-electron chi connectivity index (χ3n) is 2.65. The van der Waals surface area contributed by atoms with Crippen molar-refractivity contribution >= 4 is 5.97 Å². The summed E-state index contributed by atoms with van der Waals surface area (Å²) < 4.78 is 18.0. The molecule has 90 valence electrons. The minimum atomic E-state index is -0.516. The van der Waals surface area contributed by atoms with E-state index in [4.69, 9.17) is 4.74 Å². The molecular weight excluding hydrogens is 223 g/mol. The van der Waals surface area contributed by atoms with Crippen LogP contribution in [0, 0.1) is 5.82 Å². The van der Waals surface area contributed by atoms with E-state index in [1.54, 1.807) is 6.07 Å². The van der Waals surface area contributed by atoms with Gasteiger partial charge in [-0.15, -0.1) is 0 Å². The number of cyclic esters (lactones) is 1. The standard InChI is InChI=1S/C13H13FO3/c14-10-3-1-2-9(6-10)4-5-12-7-11(15)8-13(16)17-12/h1-3,6,8,12,15H,4-5,7H2. The van der Waals surface area contributed by atoms with Gasteiger partial charge in [0.25, 0.3) is 0 Å². The molecule has 1 N–H and O–H groups in total. The van der Waals surface area contributed by atoms with Crippen molar-refractivity contribution in [3.63, 3.8) is 0 Å². The maximum atomic E-state index is 12.9. The van der Waals surface area contributed by atoms with Gasteiger partial charge in [-0.2, -0.15) is 0 Å². The first-order valence-corrected chi connectivity index (χ1v) is 5.48. The fourth-order valence-corrected chi connectivity index (χ4v) is 1.85. The van der Waals surface area contributed by atoms with Crippen LogP contribution in [0.5, 0.6) is 0 Å². The largest absolute Gasteiger partial charge is 0.512 e. The van der Waals surface area contributed by atoms with Gasteiger partial charge >= 0.3 is 5.97 Å². The zero-order valence-corrected chi connectivity index (χ0v) is 9.23. The van der Waals surface area contributed by atoms with E-state index in [0.717, 1.165) is 11.6 Å². The molecule has 4 heteroatoms. The number of carbonyl (C=O) groups excluding carboxylic acids is 1. The summed E-state index contributed by atoms with van der Waals surface area (Å²) in [5.74, 6) is -0.741. The molecule has 0 saturated heterocycles. The van der Waals surface area contributed by atoms with Gasteiger partial charge in [-0.1, -0.05) is 12.1 Å². The number of halogens is 1. The molecule has 1 aromatic rings. The summed E-state index contributed by atoms with van der Waals surface area (Å²) in [5.41, 5.74) is 0.857. The van der Waals surface area contributed by atoms with Crippen LogP contribution in [0.4, 0.5) is 4.39 Å². The van der Waals surface area contributed by atoms with Gasteiger partial charge in [-0.25, -0.2) is 9.18 Å². The Balaban J connectivity index is 1.91. The van der Waals surface area contributed by atoms with Crippen LogP contribution in [0.25, 0.3) is 0 Å². The Kier molecular flexibility index (Phi) is 3.42. The summed E-state index contributed by atoms with van der Waals surface area (Å²) >= 11 is 0. The normalized spacial score (nSPS) is 19.7. The lowest BCUT2D eigenvalue weighted by molar-refractivity contribution is -0.145. The first kappa shape index (κ1) is 11.6. The molecule has 1 aromatic carbocycles. The van der Waals surface area contributed by atoms with E-state index in [2.05, 4.69) is 0 Å². The van der Waals surface area contributed by atoms with Crippen molar-refractivity contribution in [3.8, 4) is 0 Å². The molecule has 1 atom stereocenters. The van der Waals surface area contributed by atoms with Crippen LogP contribution in [-0.4, -0.2) is 17.2 Å². The number of aliphatic hydroxyl groups excluding tert-OH is 1. The van der Waals surface area contributed by atoms with Gasteiger partial charge < -0.3 is 9.84 Å². The van der Waals surface area contributed by atoms with Crippen molar-refractivity contribution in [2.45, 2.75) is 25.4 Å². The summed E-state index contributed by atoms with van der Waals surface area (Å²) in [4.78, 5) is 11.0. The quantitative estimate of drug-likeness (QED) is 0.820. The molecule has 1 aliphatic heterocycles. The highest BCUT2D eigenvalue weighted by atomic mass is 19.1. The fraction of sp³-hybridized carbons (Fsp3) is 0.308. The Hall–Kier alpha value is -1.84. The molecule has 1 heterocycles. The Morgan fingerprint density at radius 2 is 2.29 bits per heavy atom. The summed E-state index contributed by atoms with van der Waals surface area (Å²) in [6.45, 7) is 0. The molecule has 0 amide bonds. The van der Waals surface area contributed by atoms with E-state index in [0.29, 0.717) is 19.3 Å². The molecule has 0 radical (unpaired) electrons. The average molecular weight is 236 g/mol. The molecule has 1 unspecified atom stereocenters. The van der Waals surface area contributed by atoms with Crippen LogP contribution in [0.2, 0.25) is 0 Å². The second-order valence-electron chi connectivity index (χ2n) is 4.07. The fourth-order valence-electron chi connectivity index (χ4n) is 1.85. The smallest absolute Gasteiger partial charge is 0.334 e. The van der Waals surface area contributed by atoms with Crippen molar-refractivity contribution in [1.29, 1.82) is 0 Å². The Morgan fingerprint density at radius 1 is 1.47 bits per heavy atom. The average Bonchev–Trinajstić information content (AvgIpc) is 2.25. The van der Waals surface area contributed by atoms with Crippen molar-refractivity contribution in [2.24, 2.45) is 0 Å². The number of hydrogen-bond donors (Lipinski definition) is 1. The lowest BCUT2D eigenvalue weighted by atomic mass is 10.0. The van der Waals surface area contributed by atoms with Gasteiger partial charge in [0.2, 0.25) is 0 Å². The van der Waals surface area contributed by atoms with Gasteiger partial charge in [-0.3, -0.25) is 0 Å². The van der Waals surface area contributed by atoms with E-state index in [1.807, 2.05) is 6.07 Å². The Morgan fingerprint density at radius 3 is 3.00 bits per heavy atom. The molecule has 0 fully saturated rings. The molecule has 0 aliphatic carbocycles. The number of carbonyl (C=O) groups is 1. The maximum Gasteiger partial charge on any atom is 0.334 e. The maximum absolute atomic E-state index is 12.9. The van der Waals surface area contributed by atoms with Gasteiger partial charge in [0, 0.05) is 6.42 Å². The number of aryl methyl sites for hydroxylation is 1. The monoisotopic (exact) mass is 236 g/mol. The third-order valence-corrected chi connectivity index (χ3v) is 2.65. The zero-order chi connectivity index (χ0) is 12.3. The Bertz CT molecular complexity index is 454. The second kappa shape index (κ2) is 4.99. The summed E-state index contributed by atoms with van der Waals surface area (Å²) in [7, 11) is 0. The van der Waals surface area contributed by atoms with E-state index in [1.165, 1.54) is 12.1 Å². The van der Waals surface area contributed by atoms with Crippen LogP contribution < -0.4 is 0 Å². The van der Waals surface area contributed by atoms with Crippen molar-refractivity contribution in [1.82, 2.24) is 0 Å².